The van der Waals surface area contributed by atoms with E-state index in [0.717, 1.165) is 11.6 Å². The third-order valence-corrected chi connectivity index (χ3v) is 3.30. The summed E-state index contributed by atoms with van der Waals surface area (Å²) in [5.41, 5.74) is 5.71. The fraction of sp³-hybridized carbons (Fsp3) is 0.250. The minimum absolute atomic E-state index is 0.187. The third kappa shape index (κ3) is 3.83. The molecule has 5 heteroatoms. The summed E-state index contributed by atoms with van der Waals surface area (Å²) < 4.78 is 38.8. The van der Waals surface area contributed by atoms with Crippen LogP contribution >= 0.6 is 0 Å². The summed E-state index contributed by atoms with van der Waals surface area (Å²) in [5.74, 6) is 0. The molecule has 0 aliphatic heterocycles. The van der Waals surface area contributed by atoms with Crippen LogP contribution in [0.5, 0.6) is 0 Å². The zero-order valence-electron chi connectivity index (χ0n) is 11.2. The number of hydrogen-bond acceptors (Lipinski definition) is 2. The lowest BCUT2D eigenvalue weighted by Gasteiger charge is -2.22. The highest BCUT2D eigenvalue weighted by atomic mass is 19.4. The van der Waals surface area contributed by atoms with Crippen LogP contribution < -0.4 is 5.73 Å². The van der Waals surface area contributed by atoms with Crippen LogP contribution in [0.25, 0.3) is 0 Å². The monoisotopic (exact) mass is 295 g/mol. The van der Waals surface area contributed by atoms with Crippen molar-refractivity contribution in [2.24, 2.45) is 5.73 Å². The number of hydrogen-bond donors (Lipinski definition) is 2. The maximum Gasteiger partial charge on any atom is 0.416 e. The molecule has 0 aliphatic rings. The van der Waals surface area contributed by atoms with Crippen molar-refractivity contribution < 1.29 is 18.3 Å². The molecular formula is C16H16F3NO. The van der Waals surface area contributed by atoms with Crippen LogP contribution in [0.2, 0.25) is 0 Å². The molecule has 0 aromatic heterocycles. The Balaban J connectivity index is 2.22. The number of alkyl halides is 3. The summed E-state index contributed by atoms with van der Waals surface area (Å²) in [4.78, 5) is 0. The Morgan fingerprint density at radius 2 is 1.52 bits per heavy atom. The lowest BCUT2D eigenvalue weighted by Crippen LogP contribution is -2.32. The first-order valence-electron chi connectivity index (χ1n) is 6.53. The van der Waals surface area contributed by atoms with Gasteiger partial charge in [0.15, 0.2) is 0 Å². The third-order valence-electron chi connectivity index (χ3n) is 3.30. The van der Waals surface area contributed by atoms with E-state index in [4.69, 9.17) is 5.73 Å². The topological polar surface area (TPSA) is 46.2 Å². The van der Waals surface area contributed by atoms with Crippen molar-refractivity contribution in [1.29, 1.82) is 0 Å². The maximum atomic E-state index is 12.9. The van der Waals surface area contributed by atoms with Crippen molar-refractivity contribution in [3.05, 3.63) is 71.3 Å². The van der Waals surface area contributed by atoms with E-state index < -0.39 is 23.9 Å². The average molecular weight is 295 g/mol. The molecule has 0 amide bonds. The molecule has 2 aromatic carbocycles. The highest BCUT2D eigenvalue weighted by molar-refractivity contribution is 5.32. The number of benzene rings is 2. The van der Waals surface area contributed by atoms with Gasteiger partial charge in [-0.1, -0.05) is 48.5 Å². The molecule has 21 heavy (non-hydrogen) atoms. The molecular weight excluding hydrogens is 279 g/mol. The van der Waals surface area contributed by atoms with Gasteiger partial charge in [-0.3, -0.25) is 0 Å². The highest BCUT2D eigenvalue weighted by Gasteiger charge is 2.35. The fourth-order valence-corrected chi connectivity index (χ4v) is 2.24. The minimum Gasteiger partial charge on any atom is -0.387 e. The Morgan fingerprint density at radius 3 is 2.14 bits per heavy atom. The van der Waals surface area contributed by atoms with Gasteiger partial charge < -0.3 is 10.8 Å². The van der Waals surface area contributed by atoms with Crippen LogP contribution in [0, 0.1) is 0 Å². The second kappa shape index (κ2) is 6.28. The average Bonchev–Trinajstić information content (AvgIpc) is 2.46. The SMILES string of the molecule is NC(Cc1ccccc1)C(O)c1ccccc1C(F)(F)F. The van der Waals surface area contributed by atoms with Gasteiger partial charge in [0.1, 0.15) is 0 Å². The molecule has 0 radical (unpaired) electrons. The molecule has 2 rings (SSSR count). The van der Waals surface area contributed by atoms with Crippen LogP contribution in [0.15, 0.2) is 54.6 Å². The first-order chi connectivity index (χ1) is 9.89. The standard InChI is InChI=1S/C16H16F3NO/c17-16(18,19)13-9-5-4-8-12(13)15(21)14(20)10-11-6-2-1-3-7-11/h1-9,14-15,21H,10,20H2. The smallest absolute Gasteiger partial charge is 0.387 e. The van der Waals surface area contributed by atoms with E-state index in [-0.39, 0.29) is 5.56 Å². The summed E-state index contributed by atoms with van der Waals surface area (Å²) in [6.07, 6.45) is -5.58. The quantitative estimate of drug-likeness (QED) is 0.909. The first-order valence-corrected chi connectivity index (χ1v) is 6.53. The van der Waals surface area contributed by atoms with E-state index in [0.29, 0.717) is 6.42 Å². The van der Waals surface area contributed by atoms with Crippen LogP contribution in [-0.2, 0) is 12.6 Å². The molecule has 112 valence electrons. The number of aliphatic hydroxyl groups excluding tert-OH is 1. The van der Waals surface area contributed by atoms with Gasteiger partial charge in [-0.25, -0.2) is 0 Å². The summed E-state index contributed by atoms with van der Waals surface area (Å²) in [6.45, 7) is 0. The second-order valence-corrected chi connectivity index (χ2v) is 4.88. The predicted molar refractivity (Wildman–Crippen MR) is 74.5 cm³/mol. The normalized spacial score (nSPS) is 14.7. The van der Waals surface area contributed by atoms with Crippen LogP contribution in [0.4, 0.5) is 13.2 Å². The van der Waals surface area contributed by atoms with Crippen LogP contribution in [0.3, 0.4) is 0 Å². The molecule has 0 spiro atoms. The van der Waals surface area contributed by atoms with E-state index in [1.165, 1.54) is 18.2 Å². The van der Waals surface area contributed by atoms with E-state index in [1.54, 1.807) is 0 Å². The molecule has 2 aromatic rings. The van der Waals surface area contributed by atoms with Crippen molar-refractivity contribution in [2.75, 3.05) is 0 Å². The Labute approximate surface area is 121 Å². The summed E-state index contributed by atoms with van der Waals surface area (Å²) in [5, 5.41) is 10.2. The summed E-state index contributed by atoms with van der Waals surface area (Å²) in [6, 6.07) is 13.3. The van der Waals surface area contributed by atoms with Crippen molar-refractivity contribution in [2.45, 2.75) is 24.7 Å². The number of halogens is 3. The Hall–Kier alpha value is -1.85. The van der Waals surface area contributed by atoms with Gasteiger partial charge in [0.25, 0.3) is 0 Å². The molecule has 2 atom stereocenters. The van der Waals surface area contributed by atoms with Gasteiger partial charge in [0.05, 0.1) is 11.7 Å². The molecule has 3 N–H and O–H groups in total. The number of nitrogens with two attached hydrogens (primary N) is 1. The number of rotatable bonds is 4. The Bertz CT molecular complexity index is 584. The highest BCUT2D eigenvalue weighted by Crippen LogP contribution is 2.35. The Morgan fingerprint density at radius 1 is 0.952 bits per heavy atom. The van der Waals surface area contributed by atoms with Crippen LogP contribution in [0.1, 0.15) is 22.8 Å². The molecule has 0 saturated heterocycles. The largest absolute Gasteiger partial charge is 0.416 e. The molecule has 0 saturated carbocycles. The van der Waals surface area contributed by atoms with Gasteiger partial charge in [-0.15, -0.1) is 0 Å². The van der Waals surface area contributed by atoms with Crippen molar-refractivity contribution in [3.8, 4) is 0 Å². The van der Waals surface area contributed by atoms with Gasteiger partial charge in [-0.05, 0) is 23.6 Å². The predicted octanol–water partition coefficient (Wildman–Crippen LogP) is 3.31. The zero-order chi connectivity index (χ0) is 15.5. The van der Waals surface area contributed by atoms with Gasteiger partial charge in [0.2, 0.25) is 0 Å². The molecule has 0 aliphatic carbocycles. The Kier molecular flexibility index (Phi) is 4.65. The minimum atomic E-state index is -4.51. The molecule has 2 unspecified atom stereocenters. The first kappa shape index (κ1) is 15.5. The summed E-state index contributed by atoms with van der Waals surface area (Å²) >= 11 is 0. The lowest BCUT2D eigenvalue weighted by molar-refractivity contribution is -0.139. The van der Waals surface area contributed by atoms with Gasteiger partial charge >= 0.3 is 6.18 Å². The van der Waals surface area contributed by atoms with Crippen molar-refractivity contribution in [1.82, 2.24) is 0 Å². The fourth-order valence-electron chi connectivity index (χ4n) is 2.24. The van der Waals surface area contributed by atoms with Gasteiger partial charge in [-0.2, -0.15) is 13.2 Å². The van der Waals surface area contributed by atoms with E-state index >= 15 is 0 Å². The molecule has 0 bridgehead atoms. The van der Waals surface area contributed by atoms with Gasteiger partial charge in [0, 0.05) is 6.04 Å². The summed E-state index contributed by atoms with van der Waals surface area (Å²) in [7, 11) is 0. The number of aliphatic hydroxyl groups is 1. The van der Waals surface area contributed by atoms with E-state index in [1.807, 2.05) is 30.3 Å². The van der Waals surface area contributed by atoms with Crippen LogP contribution in [-0.4, -0.2) is 11.1 Å². The van der Waals surface area contributed by atoms with E-state index in [9.17, 15) is 18.3 Å². The maximum absolute atomic E-state index is 12.9. The van der Waals surface area contributed by atoms with E-state index in [2.05, 4.69) is 0 Å². The lowest BCUT2D eigenvalue weighted by atomic mass is 9.93. The zero-order valence-corrected chi connectivity index (χ0v) is 11.2. The molecule has 2 nitrogen and oxygen atoms in total. The van der Waals surface area contributed by atoms with Crippen molar-refractivity contribution in [3.63, 3.8) is 0 Å². The second-order valence-electron chi connectivity index (χ2n) is 4.88. The van der Waals surface area contributed by atoms with Crippen molar-refractivity contribution >= 4 is 0 Å². The molecule has 0 heterocycles. The molecule has 0 fully saturated rings.